The molecule has 0 aromatic heterocycles. The summed E-state index contributed by atoms with van der Waals surface area (Å²) in [5, 5.41) is 3.54. The molecule has 1 N–H and O–H groups in total. The van der Waals surface area contributed by atoms with Crippen LogP contribution in [0.2, 0.25) is 0 Å². The van der Waals surface area contributed by atoms with Crippen molar-refractivity contribution in [2.75, 3.05) is 0 Å². The van der Waals surface area contributed by atoms with Crippen LogP contribution < -0.4 is 4.83 Å². The molecule has 0 atom stereocenters. The van der Waals surface area contributed by atoms with Crippen molar-refractivity contribution < 1.29 is 12.8 Å². The summed E-state index contributed by atoms with van der Waals surface area (Å²) < 4.78 is 36.8. The van der Waals surface area contributed by atoms with Crippen molar-refractivity contribution in [1.82, 2.24) is 4.83 Å². The Morgan fingerprint density at radius 3 is 2.24 bits per heavy atom. The second kappa shape index (κ2) is 6.24. The zero-order valence-electron chi connectivity index (χ0n) is 11.0. The maximum absolute atomic E-state index is 12.8. The average molecular weight is 327 g/mol. The van der Waals surface area contributed by atoms with Crippen molar-refractivity contribution in [3.63, 3.8) is 0 Å². The Morgan fingerprint density at radius 1 is 1.10 bits per heavy atom. The summed E-state index contributed by atoms with van der Waals surface area (Å²) in [4.78, 5) is 2.13. The topological polar surface area (TPSA) is 58.5 Å². The molecule has 0 heterocycles. The molecule has 0 aliphatic heterocycles. The lowest BCUT2D eigenvalue weighted by molar-refractivity contribution is 0.584. The molecule has 0 radical (unpaired) electrons. The predicted octanol–water partition coefficient (Wildman–Crippen LogP) is 3.01. The molecule has 0 spiro atoms. The van der Waals surface area contributed by atoms with Crippen LogP contribution in [-0.4, -0.2) is 13.6 Å². The monoisotopic (exact) mass is 326 g/mol. The van der Waals surface area contributed by atoms with Gasteiger partial charge in [-0.3, -0.25) is 0 Å². The molecule has 0 unspecified atom stereocenters. The molecule has 4 nitrogen and oxygen atoms in total. The molecular weight excluding hydrogens is 315 g/mol. The van der Waals surface area contributed by atoms with E-state index in [9.17, 15) is 12.8 Å². The lowest BCUT2D eigenvalue weighted by Gasteiger charge is -2.05. The zero-order chi connectivity index (χ0) is 15.5. The number of hydrazone groups is 1. The number of hydrogen-bond acceptors (Lipinski definition) is 3. The van der Waals surface area contributed by atoms with Crippen LogP contribution in [0.5, 0.6) is 0 Å². The van der Waals surface area contributed by atoms with Gasteiger partial charge in [-0.1, -0.05) is 29.3 Å². The van der Waals surface area contributed by atoms with Crippen LogP contribution in [0.4, 0.5) is 4.39 Å². The fourth-order valence-electron chi connectivity index (χ4n) is 1.52. The van der Waals surface area contributed by atoms with E-state index >= 15 is 0 Å². The third-order valence-electron chi connectivity index (χ3n) is 2.68. The minimum Gasteiger partial charge on any atom is -0.207 e. The van der Waals surface area contributed by atoms with Crippen molar-refractivity contribution in [3.05, 3.63) is 65.5 Å². The van der Waals surface area contributed by atoms with Crippen LogP contribution in [0.1, 0.15) is 11.1 Å². The van der Waals surface area contributed by atoms with Gasteiger partial charge in [-0.2, -0.15) is 18.4 Å². The highest BCUT2D eigenvalue weighted by Gasteiger charge is 2.13. The first kappa shape index (κ1) is 15.5. The van der Waals surface area contributed by atoms with E-state index in [1.807, 2.05) is 11.8 Å². The van der Waals surface area contributed by atoms with Crippen LogP contribution >= 0.6 is 11.6 Å². The number of halogens is 2. The van der Waals surface area contributed by atoms with Crippen molar-refractivity contribution in [2.45, 2.75) is 11.8 Å². The van der Waals surface area contributed by atoms with Crippen molar-refractivity contribution >= 4 is 26.8 Å². The van der Waals surface area contributed by atoms with E-state index in [4.69, 9.17) is 11.6 Å². The van der Waals surface area contributed by atoms with E-state index < -0.39 is 15.8 Å². The van der Waals surface area contributed by atoms with E-state index in [-0.39, 0.29) is 10.1 Å². The molecule has 0 aliphatic carbocycles. The molecule has 2 rings (SSSR count). The first-order valence-electron chi connectivity index (χ1n) is 5.96. The van der Waals surface area contributed by atoms with Crippen molar-refractivity contribution in [3.8, 4) is 0 Å². The third kappa shape index (κ3) is 4.03. The van der Waals surface area contributed by atoms with E-state index in [1.165, 1.54) is 36.4 Å². The Morgan fingerprint density at radius 2 is 1.67 bits per heavy atom. The highest BCUT2D eigenvalue weighted by atomic mass is 35.5. The lowest BCUT2D eigenvalue weighted by Crippen LogP contribution is -2.19. The smallest absolute Gasteiger partial charge is 0.207 e. The molecule has 2 aromatic carbocycles. The summed E-state index contributed by atoms with van der Waals surface area (Å²) in [5.41, 5.74) is 1.35. The molecular formula is C14H12ClFN2O2S. The van der Waals surface area contributed by atoms with Crippen molar-refractivity contribution in [1.29, 1.82) is 0 Å². The molecule has 2 aromatic rings. The molecule has 0 fully saturated rings. The highest BCUT2D eigenvalue weighted by Crippen LogP contribution is 2.11. The van der Waals surface area contributed by atoms with Crippen molar-refractivity contribution in [2.24, 2.45) is 5.10 Å². The van der Waals surface area contributed by atoms with Crippen LogP contribution in [0, 0.1) is 12.7 Å². The lowest BCUT2D eigenvalue weighted by atomic mass is 10.2. The molecule has 0 saturated carbocycles. The largest absolute Gasteiger partial charge is 0.276 e. The first-order chi connectivity index (χ1) is 9.88. The number of aryl methyl sites for hydroxylation is 1. The molecule has 21 heavy (non-hydrogen) atoms. The van der Waals surface area contributed by atoms with Crippen LogP contribution in [0.25, 0.3) is 0 Å². The Balaban J connectivity index is 2.18. The van der Waals surface area contributed by atoms with Gasteiger partial charge >= 0.3 is 0 Å². The third-order valence-corrected chi connectivity index (χ3v) is 4.20. The molecule has 7 heteroatoms. The fraction of sp³-hybridized carbons (Fsp3) is 0.0714. The summed E-state index contributed by atoms with van der Waals surface area (Å²) in [6.07, 6.45) is 0. The van der Waals surface area contributed by atoms with Gasteiger partial charge in [-0.05, 0) is 43.3 Å². The molecule has 0 saturated heterocycles. The van der Waals surface area contributed by atoms with E-state index in [0.29, 0.717) is 5.56 Å². The molecule has 0 bridgehead atoms. The van der Waals surface area contributed by atoms with Crippen LogP contribution in [0.15, 0.2) is 58.5 Å². The van der Waals surface area contributed by atoms with Gasteiger partial charge in [-0.25, -0.2) is 4.39 Å². The summed E-state index contributed by atoms with van der Waals surface area (Å²) >= 11 is 5.88. The maximum Gasteiger partial charge on any atom is 0.276 e. The Bertz CT molecular complexity index is 757. The summed E-state index contributed by atoms with van der Waals surface area (Å²) in [5.74, 6) is -0.413. The Labute approximate surface area is 127 Å². The average Bonchev–Trinajstić information content (AvgIpc) is 2.46. The molecule has 0 aliphatic rings. The number of nitrogens with one attached hydrogen (secondary N) is 1. The number of benzene rings is 2. The highest BCUT2D eigenvalue weighted by molar-refractivity contribution is 7.89. The van der Waals surface area contributed by atoms with E-state index in [1.54, 1.807) is 12.1 Å². The van der Waals surface area contributed by atoms with E-state index in [2.05, 4.69) is 5.10 Å². The summed E-state index contributed by atoms with van der Waals surface area (Å²) in [6, 6.07) is 11.5. The Kier molecular flexibility index (Phi) is 4.59. The van der Waals surface area contributed by atoms with E-state index in [0.717, 1.165) is 5.56 Å². The Hall–Kier alpha value is -1.92. The first-order valence-corrected chi connectivity index (χ1v) is 7.82. The maximum atomic E-state index is 12.8. The molecule has 110 valence electrons. The van der Waals surface area contributed by atoms with Gasteiger partial charge in [0.25, 0.3) is 10.0 Å². The standard InChI is InChI=1S/C14H12ClFN2O2S/c1-10-2-8-13(9-3-10)21(19,20)18-17-14(15)11-4-6-12(16)7-5-11/h2-9,18H,1H3. The zero-order valence-corrected chi connectivity index (χ0v) is 12.6. The SMILES string of the molecule is Cc1ccc(S(=O)(=O)NN=C(Cl)c2ccc(F)cc2)cc1. The van der Waals surface area contributed by atoms with Crippen LogP contribution in [-0.2, 0) is 10.0 Å². The van der Waals surface area contributed by atoms with Gasteiger partial charge < -0.3 is 0 Å². The second-order valence-corrected chi connectivity index (χ2v) is 6.34. The normalized spacial score (nSPS) is 12.2. The van der Waals surface area contributed by atoms with Gasteiger partial charge in [0.05, 0.1) is 4.90 Å². The summed E-state index contributed by atoms with van der Waals surface area (Å²) in [7, 11) is -3.78. The predicted molar refractivity (Wildman–Crippen MR) is 80.3 cm³/mol. The fourth-order valence-corrected chi connectivity index (χ4v) is 2.55. The number of hydrogen-bond donors (Lipinski definition) is 1. The number of nitrogens with zero attached hydrogens (tertiary/aromatic N) is 1. The van der Waals surface area contributed by atoms with Gasteiger partial charge in [0.2, 0.25) is 0 Å². The van der Waals surface area contributed by atoms with Crippen LogP contribution in [0.3, 0.4) is 0 Å². The number of sulfonamides is 1. The summed E-state index contributed by atoms with van der Waals surface area (Å²) in [6.45, 7) is 1.85. The molecule has 0 amide bonds. The van der Waals surface area contributed by atoms with Gasteiger partial charge in [-0.15, -0.1) is 0 Å². The minimum absolute atomic E-state index is 0.0781. The van der Waals surface area contributed by atoms with Gasteiger partial charge in [0.1, 0.15) is 5.82 Å². The second-order valence-electron chi connectivity index (χ2n) is 4.32. The van der Waals surface area contributed by atoms with Gasteiger partial charge in [0, 0.05) is 5.56 Å². The quantitative estimate of drug-likeness (QED) is 0.693. The number of rotatable bonds is 4. The minimum atomic E-state index is -3.78. The van der Waals surface area contributed by atoms with Gasteiger partial charge in [0.15, 0.2) is 5.17 Å².